The lowest BCUT2D eigenvalue weighted by Gasteiger charge is -2.40. The SMILES string of the molecule is CCC(N)C(c1cccnc1)N(CCO)C(CC)CC. The van der Waals surface area contributed by atoms with Crippen LogP contribution in [0.2, 0.25) is 0 Å². The average Bonchev–Trinajstić information content (AvgIpc) is 2.49. The highest BCUT2D eigenvalue weighted by molar-refractivity contribution is 5.16. The van der Waals surface area contributed by atoms with Gasteiger partial charge in [0.25, 0.3) is 0 Å². The van der Waals surface area contributed by atoms with E-state index in [4.69, 9.17) is 5.73 Å². The van der Waals surface area contributed by atoms with Crippen molar-refractivity contribution in [1.82, 2.24) is 9.88 Å². The smallest absolute Gasteiger partial charge is 0.0558 e. The molecule has 1 heterocycles. The summed E-state index contributed by atoms with van der Waals surface area (Å²) in [5.74, 6) is 0. The van der Waals surface area contributed by atoms with Crippen molar-refractivity contribution in [3.05, 3.63) is 30.1 Å². The molecule has 20 heavy (non-hydrogen) atoms. The van der Waals surface area contributed by atoms with Crippen LogP contribution >= 0.6 is 0 Å². The van der Waals surface area contributed by atoms with E-state index in [9.17, 15) is 5.11 Å². The molecule has 4 nitrogen and oxygen atoms in total. The first-order valence-corrected chi connectivity index (χ1v) is 7.71. The number of aliphatic hydroxyl groups excluding tert-OH is 1. The Morgan fingerprint density at radius 2 is 1.95 bits per heavy atom. The number of pyridine rings is 1. The van der Waals surface area contributed by atoms with Crippen molar-refractivity contribution in [2.24, 2.45) is 5.73 Å². The van der Waals surface area contributed by atoms with E-state index in [2.05, 4.69) is 36.7 Å². The number of hydrogen-bond acceptors (Lipinski definition) is 4. The normalized spacial score (nSPS) is 14.8. The topological polar surface area (TPSA) is 62.4 Å². The Morgan fingerprint density at radius 3 is 2.40 bits per heavy atom. The lowest BCUT2D eigenvalue weighted by atomic mass is 9.94. The van der Waals surface area contributed by atoms with Gasteiger partial charge in [-0.05, 0) is 30.9 Å². The summed E-state index contributed by atoms with van der Waals surface area (Å²) in [5, 5.41) is 9.43. The molecular formula is C16H29N3O. The first-order chi connectivity index (χ1) is 9.69. The fourth-order valence-electron chi connectivity index (χ4n) is 2.88. The molecular weight excluding hydrogens is 250 g/mol. The van der Waals surface area contributed by atoms with Gasteiger partial charge < -0.3 is 10.8 Å². The Kier molecular flexibility index (Phi) is 7.73. The number of nitrogens with zero attached hydrogens (tertiary/aromatic N) is 2. The molecule has 0 fully saturated rings. The van der Waals surface area contributed by atoms with Crippen molar-refractivity contribution in [1.29, 1.82) is 0 Å². The summed E-state index contributed by atoms with van der Waals surface area (Å²) >= 11 is 0. The molecule has 1 aromatic heterocycles. The van der Waals surface area contributed by atoms with Crippen LogP contribution in [0.4, 0.5) is 0 Å². The van der Waals surface area contributed by atoms with E-state index < -0.39 is 0 Å². The highest BCUT2D eigenvalue weighted by atomic mass is 16.3. The first kappa shape index (κ1) is 17.1. The Hall–Kier alpha value is -0.970. The van der Waals surface area contributed by atoms with Gasteiger partial charge in [0, 0.05) is 31.0 Å². The van der Waals surface area contributed by atoms with Crippen molar-refractivity contribution < 1.29 is 5.11 Å². The van der Waals surface area contributed by atoms with Gasteiger partial charge in [-0.2, -0.15) is 0 Å². The molecule has 4 heteroatoms. The van der Waals surface area contributed by atoms with Gasteiger partial charge in [-0.1, -0.05) is 26.8 Å². The molecule has 0 spiro atoms. The summed E-state index contributed by atoms with van der Waals surface area (Å²) in [6.07, 6.45) is 6.70. The maximum absolute atomic E-state index is 9.43. The van der Waals surface area contributed by atoms with Crippen molar-refractivity contribution in [2.75, 3.05) is 13.2 Å². The van der Waals surface area contributed by atoms with Crippen LogP contribution in [-0.2, 0) is 0 Å². The van der Waals surface area contributed by atoms with E-state index >= 15 is 0 Å². The monoisotopic (exact) mass is 279 g/mol. The Labute approximate surface area is 123 Å². The van der Waals surface area contributed by atoms with E-state index in [-0.39, 0.29) is 18.7 Å². The second-order valence-corrected chi connectivity index (χ2v) is 5.24. The van der Waals surface area contributed by atoms with Crippen molar-refractivity contribution >= 4 is 0 Å². The van der Waals surface area contributed by atoms with E-state index in [0.717, 1.165) is 24.8 Å². The van der Waals surface area contributed by atoms with Crippen molar-refractivity contribution in [3.63, 3.8) is 0 Å². The molecule has 2 unspecified atom stereocenters. The molecule has 114 valence electrons. The third kappa shape index (κ3) is 4.27. The van der Waals surface area contributed by atoms with E-state index in [1.165, 1.54) is 0 Å². The molecule has 0 saturated heterocycles. The lowest BCUT2D eigenvalue weighted by molar-refractivity contribution is 0.0812. The van der Waals surface area contributed by atoms with Crippen LogP contribution in [0, 0.1) is 0 Å². The van der Waals surface area contributed by atoms with Crippen molar-refractivity contribution in [3.8, 4) is 0 Å². The largest absolute Gasteiger partial charge is 0.395 e. The molecule has 2 atom stereocenters. The molecule has 0 aliphatic rings. The summed E-state index contributed by atoms with van der Waals surface area (Å²) in [7, 11) is 0. The third-order valence-electron chi connectivity index (χ3n) is 4.03. The molecule has 0 bridgehead atoms. The summed E-state index contributed by atoms with van der Waals surface area (Å²) in [5.41, 5.74) is 7.52. The Bertz CT molecular complexity index is 354. The van der Waals surface area contributed by atoms with Crippen LogP contribution in [0.3, 0.4) is 0 Å². The zero-order valence-electron chi connectivity index (χ0n) is 13.0. The van der Waals surface area contributed by atoms with Crippen LogP contribution in [0.25, 0.3) is 0 Å². The lowest BCUT2D eigenvalue weighted by Crippen LogP contribution is -2.47. The van der Waals surface area contributed by atoms with Gasteiger partial charge in [0.15, 0.2) is 0 Å². The molecule has 0 aliphatic carbocycles. The highest BCUT2D eigenvalue weighted by Crippen LogP contribution is 2.28. The number of hydrogen-bond donors (Lipinski definition) is 2. The quantitative estimate of drug-likeness (QED) is 0.728. The zero-order valence-corrected chi connectivity index (χ0v) is 13.0. The van der Waals surface area contributed by atoms with E-state index in [1.54, 1.807) is 6.20 Å². The minimum atomic E-state index is 0.0475. The van der Waals surface area contributed by atoms with Crippen LogP contribution in [-0.4, -0.2) is 40.2 Å². The maximum Gasteiger partial charge on any atom is 0.0558 e. The zero-order chi connectivity index (χ0) is 15.0. The van der Waals surface area contributed by atoms with Crippen LogP contribution in [0.1, 0.15) is 51.6 Å². The molecule has 0 aliphatic heterocycles. The highest BCUT2D eigenvalue weighted by Gasteiger charge is 2.29. The molecule has 0 radical (unpaired) electrons. The summed E-state index contributed by atoms with van der Waals surface area (Å²) < 4.78 is 0. The van der Waals surface area contributed by atoms with Crippen molar-refractivity contribution in [2.45, 2.75) is 58.2 Å². The fraction of sp³-hybridized carbons (Fsp3) is 0.688. The first-order valence-electron chi connectivity index (χ1n) is 7.71. The summed E-state index contributed by atoms with van der Waals surface area (Å²) in [4.78, 5) is 6.58. The number of aliphatic hydroxyl groups is 1. The number of rotatable bonds is 9. The molecule has 0 aromatic carbocycles. The standard InChI is InChI=1S/C16H29N3O/c1-4-14(5-2)19(10-11-20)16(15(17)6-3)13-8-7-9-18-12-13/h7-9,12,14-16,20H,4-6,10-11,17H2,1-3H3. The van der Waals surface area contributed by atoms with Gasteiger partial charge in [0.2, 0.25) is 0 Å². The number of nitrogens with two attached hydrogens (primary N) is 1. The van der Waals surface area contributed by atoms with Gasteiger partial charge >= 0.3 is 0 Å². The van der Waals surface area contributed by atoms with Gasteiger partial charge in [0.1, 0.15) is 0 Å². The minimum Gasteiger partial charge on any atom is -0.395 e. The predicted molar refractivity (Wildman–Crippen MR) is 83.4 cm³/mol. The molecule has 1 aromatic rings. The summed E-state index contributed by atoms with van der Waals surface area (Å²) in [6, 6.07) is 4.64. The second-order valence-electron chi connectivity index (χ2n) is 5.24. The summed E-state index contributed by atoms with van der Waals surface area (Å²) in [6.45, 7) is 7.30. The fourth-order valence-corrected chi connectivity index (χ4v) is 2.88. The van der Waals surface area contributed by atoms with E-state index in [0.29, 0.717) is 12.6 Å². The van der Waals surface area contributed by atoms with Gasteiger partial charge in [0.05, 0.1) is 12.6 Å². The van der Waals surface area contributed by atoms with Crippen LogP contribution < -0.4 is 5.73 Å². The Morgan fingerprint density at radius 1 is 1.25 bits per heavy atom. The van der Waals surface area contributed by atoms with Gasteiger partial charge in [-0.25, -0.2) is 0 Å². The predicted octanol–water partition coefficient (Wildman–Crippen LogP) is 2.34. The van der Waals surface area contributed by atoms with Gasteiger partial charge in [-0.15, -0.1) is 0 Å². The second kappa shape index (κ2) is 9.06. The maximum atomic E-state index is 9.43. The van der Waals surface area contributed by atoms with E-state index in [1.807, 2.05) is 12.3 Å². The average molecular weight is 279 g/mol. The third-order valence-corrected chi connectivity index (χ3v) is 4.03. The van der Waals surface area contributed by atoms with Crippen LogP contribution in [0.15, 0.2) is 24.5 Å². The molecule has 0 saturated carbocycles. The van der Waals surface area contributed by atoms with Gasteiger partial charge in [-0.3, -0.25) is 9.88 Å². The number of aromatic nitrogens is 1. The molecule has 0 amide bonds. The Balaban J connectivity index is 3.11. The molecule has 1 rings (SSSR count). The minimum absolute atomic E-state index is 0.0475. The molecule has 3 N–H and O–H groups in total. The van der Waals surface area contributed by atoms with Crippen LogP contribution in [0.5, 0.6) is 0 Å².